The van der Waals surface area contributed by atoms with Gasteiger partial charge in [-0.1, -0.05) is 105 Å². The Labute approximate surface area is 153 Å². The summed E-state index contributed by atoms with van der Waals surface area (Å²) in [7, 11) is -3.24. The molecule has 0 amide bonds. The molecule has 24 heavy (non-hydrogen) atoms. The summed E-state index contributed by atoms with van der Waals surface area (Å²) in [6.07, 6.45) is 1.95. The van der Waals surface area contributed by atoms with E-state index in [4.69, 9.17) is 0 Å². The zero-order valence-corrected chi connectivity index (χ0v) is 19.7. The Balaban J connectivity index is 3.47. The van der Waals surface area contributed by atoms with Crippen LogP contribution in [0.15, 0.2) is 30.8 Å². The van der Waals surface area contributed by atoms with Crippen molar-refractivity contribution < 1.29 is 0 Å². The first-order valence-corrected chi connectivity index (χ1v) is 15.0. The van der Waals surface area contributed by atoms with Gasteiger partial charge in [-0.3, -0.25) is 0 Å². The molecule has 0 aliphatic carbocycles. The lowest BCUT2D eigenvalue weighted by atomic mass is 10.1. The maximum absolute atomic E-state index is 3.93. The number of benzene rings is 1. The fourth-order valence-electron chi connectivity index (χ4n) is 4.00. The van der Waals surface area contributed by atoms with E-state index in [1.165, 1.54) is 11.1 Å². The number of hydrogen-bond donors (Lipinski definition) is 0. The Hall–Kier alpha value is -0.646. The fraction of sp³-hybridized carbons (Fsp3) is 0.619. The minimum Gasteiger partial charge on any atom is -0.341 e. The molecule has 0 aliphatic rings. The van der Waals surface area contributed by atoms with E-state index in [1.54, 1.807) is 0 Å². The molecule has 3 heteroatoms. The van der Waals surface area contributed by atoms with Gasteiger partial charge >= 0.3 is 0 Å². The molecule has 0 spiro atoms. The molecule has 0 saturated carbocycles. The molecule has 1 nitrogen and oxygen atoms in total. The smallest absolute Gasteiger partial charge is 0.129 e. The van der Waals surface area contributed by atoms with Crippen LogP contribution in [0.5, 0.6) is 0 Å². The normalized spacial score (nSPS) is 14.1. The molecule has 0 radical (unpaired) electrons. The number of hydrogen-bond acceptors (Lipinski definition) is 1. The van der Waals surface area contributed by atoms with Crippen molar-refractivity contribution in [3.05, 3.63) is 42.0 Å². The highest BCUT2D eigenvalue weighted by molar-refractivity contribution is 6.93. The van der Waals surface area contributed by atoms with Crippen molar-refractivity contribution in [2.75, 3.05) is 0 Å². The van der Waals surface area contributed by atoms with Crippen LogP contribution in [0.2, 0.25) is 36.3 Å². The van der Waals surface area contributed by atoms with Crippen LogP contribution >= 0.6 is 0 Å². The molecule has 0 aliphatic heterocycles. The van der Waals surface area contributed by atoms with Crippen LogP contribution in [0.25, 0.3) is 6.08 Å². The van der Waals surface area contributed by atoms with E-state index in [2.05, 4.69) is 103 Å². The Morgan fingerprint density at radius 2 is 1.46 bits per heavy atom. The Kier molecular flexibility index (Phi) is 6.18. The van der Waals surface area contributed by atoms with Gasteiger partial charge in [0.15, 0.2) is 0 Å². The van der Waals surface area contributed by atoms with Gasteiger partial charge in [-0.2, -0.15) is 0 Å². The number of rotatable bonds is 5. The second kappa shape index (κ2) is 6.93. The van der Waals surface area contributed by atoms with Gasteiger partial charge in [-0.15, -0.1) is 0 Å². The van der Waals surface area contributed by atoms with Crippen molar-refractivity contribution in [1.82, 2.24) is 4.23 Å². The van der Waals surface area contributed by atoms with Gasteiger partial charge in [0.2, 0.25) is 0 Å². The van der Waals surface area contributed by atoms with E-state index >= 15 is 0 Å². The van der Waals surface area contributed by atoms with E-state index in [0.29, 0.717) is 10.1 Å². The van der Waals surface area contributed by atoms with Crippen molar-refractivity contribution in [2.45, 2.75) is 84.4 Å². The molecule has 1 rings (SSSR count). The highest BCUT2D eigenvalue weighted by atomic mass is 28.4. The largest absolute Gasteiger partial charge is 0.341 e. The Bertz CT molecular complexity index is 557. The van der Waals surface area contributed by atoms with E-state index in [0.717, 1.165) is 6.54 Å². The third kappa shape index (κ3) is 4.30. The first kappa shape index (κ1) is 21.4. The highest BCUT2D eigenvalue weighted by Gasteiger charge is 2.55. The van der Waals surface area contributed by atoms with Gasteiger partial charge in [0, 0.05) is 6.54 Å². The van der Waals surface area contributed by atoms with Crippen LogP contribution in [0.3, 0.4) is 0 Å². The summed E-state index contributed by atoms with van der Waals surface area (Å²) in [4.78, 5) is 0. The Morgan fingerprint density at radius 1 is 0.958 bits per heavy atom. The first-order valence-electron chi connectivity index (χ1n) is 9.14. The van der Waals surface area contributed by atoms with Gasteiger partial charge in [-0.05, 0) is 21.2 Å². The first-order chi connectivity index (χ1) is 10.6. The molecule has 1 aromatic rings. The minimum atomic E-state index is -1.76. The van der Waals surface area contributed by atoms with E-state index < -0.39 is 16.5 Å². The molecule has 0 heterocycles. The van der Waals surface area contributed by atoms with Crippen LogP contribution in [-0.4, -0.2) is 20.7 Å². The average molecular weight is 362 g/mol. The van der Waals surface area contributed by atoms with Crippen molar-refractivity contribution in [1.29, 1.82) is 0 Å². The van der Waals surface area contributed by atoms with Gasteiger partial charge in [0.25, 0.3) is 0 Å². The van der Waals surface area contributed by atoms with Crippen molar-refractivity contribution in [3.63, 3.8) is 0 Å². The van der Waals surface area contributed by atoms with Gasteiger partial charge in [0.05, 0.1) is 0 Å². The van der Waals surface area contributed by atoms with E-state index in [9.17, 15) is 0 Å². The van der Waals surface area contributed by atoms with Crippen molar-refractivity contribution in [2.24, 2.45) is 0 Å². The summed E-state index contributed by atoms with van der Waals surface area (Å²) in [6, 6.07) is 8.89. The lowest BCUT2D eigenvalue weighted by molar-refractivity contribution is 0.482. The minimum absolute atomic E-state index is 0.321. The van der Waals surface area contributed by atoms with E-state index in [1.807, 2.05) is 6.08 Å². The molecular weight excluding hydrogens is 322 g/mol. The van der Waals surface area contributed by atoms with Gasteiger partial charge in [-0.25, -0.2) is 0 Å². The zero-order chi connectivity index (χ0) is 19.0. The average Bonchev–Trinajstić information content (AvgIpc) is 2.40. The molecule has 0 bridgehead atoms. The lowest BCUT2D eigenvalue weighted by Gasteiger charge is -2.60. The molecule has 0 N–H and O–H groups in total. The van der Waals surface area contributed by atoms with Crippen molar-refractivity contribution >= 4 is 22.5 Å². The standard InChI is InChI=1S/C21H39NSi2/c1-12-18-14-13-15-19(16-18)17-22(23(8,9)10)24(11,20(2,3)4)21(5,6)7/h12-16H,1,17H2,2-11H3. The summed E-state index contributed by atoms with van der Waals surface area (Å²) in [6.45, 7) is 29.9. The fourth-order valence-corrected chi connectivity index (χ4v) is 16.4. The predicted octanol–water partition coefficient (Wildman–Crippen LogP) is 7.14. The van der Waals surface area contributed by atoms with Gasteiger partial charge in [0.1, 0.15) is 16.5 Å². The maximum atomic E-state index is 3.93. The van der Waals surface area contributed by atoms with Gasteiger partial charge < -0.3 is 4.23 Å². The van der Waals surface area contributed by atoms with Crippen molar-refractivity contribution in [3.8, 4) is 0 Å². The summed E-state index contributed by atoms with van der Waals surface area (Å²) < 4.78 is 2.97. The van der Waals surface area contributed by atoms with Crippen LogP contribution in [0, 0.1) is 0 Å². The highest BCUT2D eigenvalue weighted by Crippen LogP contribution is 2.54. The van der Waals surface area contributed by atoms with Crippen LogP contribution in [0.4, 0.5) is 0 Å². The summed E-state index contributed by atoms with van der Waals surface area (Å²) in [5.41, 5.74) is 2.64. The van der Waals surface area contributed by atoms with Crippen LogP contribution in [0.1, 0.15) is 52.7 Å². The maximum Gasteiger partial charge on any atom is 0.129 e. The third-order valence-electron chi connectivity index (χ3n) is 5.80. The lowest BCUT2D eigenvalue weighted by Crippen LogP contribution is -2.69. The van der Waals surface area contributed by atoms with E-state index in [-0.39, 0.29) is 0 Å². The molecule has 0 saturated heterocycles. The molecule has 0 aromatic heterocycles. The second-order valence-electron chi connectivity index (χ2n) is 10.3. The molecule has 0 fully saturated rings. The topological polar surface area (TPSA) is 3.24 Å². The molecular formula is C21H39NSi2. The second-order valence-corrected chi connectivity index (χ2v) is 21.3. The zero-order valence-electron chi connectivity index (χ0n) is 17.7. The quantitative estimate of drug-likeness (QED) is 0.504. The Morgan fingerprint density at radius 3 is 1.83 bits per heavy atom. The van der Waals surface area contributed by atoms with Crippen LogP contribution in [-0.2, 0) is 6.54 Å². The monoisotopic (exact) mass is 361 g/mol. The predicted molar refractivity (Wildman–Crippen MR) is 116 cm³/mol. The third-order valence-corrected chi connectivity index (χ3v) is 18.0. The molecule has 0 unspecified atom stereocenters. The summed E-state index contributed by atoms with van der Waals surface area (Å²) in [5, 5.41) is 0.642. The summed E-state index contributed by atoms with van der Waals surface area (Å²) >= 11 is 0. The SMILES string of the molecule is C=Cc1cccc(CN([Si](C)(C)C)[Si](C)(C(C)(C)C)C(C)(C)C)c1. The van der Waals surface area contributed by atoms with Crippen LogP contribution < -0.4 is 0 Å². The summed E-state index contributed by atoms with van der Waals surface area (Å²) in [5.74, 6) is 0. The molecule has 0 atom stereocenters. The molecule has 136 valence electrons. The molecule has 1 aromatic carbocycles. The number of nitrogens with zero attached hydrogens (tertiary/aromatic N) is 1.